The third-order valence-electron chi connectivity index (χ3n) is 3.76. The van der Waals surface area contributed by atoms with Gasteiger partial charge in [-0.3, -0.25) is 4.98 Å². The first-order valence-electron chi connectivity index (χ1n) is 6.80. The molecule has 1 saturated heterocycles. The molecule has 0 aliphatic carbocycles. The summed E-state index contributed by atoms with van der Waals surface area (Å²) in [6.07, 6.45) is 6.90. The standard InChI is InChI=1S/C14H18N6/c1-11-12(2)17-10-18-14(11)20-7-5-19(6-8-20)13-9-15-3-4-16-13/h3-4,9-10H,5-8H2,1-2H3. The predicted molar refractivity (Wildman–Crippen MR) is 78.0 cm³/mol. The molecule has 0 unspecified atom stereocenters. The minimum Gasteiger partial charge on any atom is -0.353 e. The van der Waals surface area contributed by atoms with Crippen LogP contribution < -0.4 is 9.80 Å². The van der Waals surface area contributed by atoms with Gasteiger partial charge in [0, 0.05) is 49.8 Å². The van der Waals surface area contributed by atoms with Crippen LogP contribution in [0.2, 0.25) is 0 Å². The highest BCUT2D eigenvalue weighted by atomic mass is 15.3. The van der Waals surface area contributed by atoms with Gasteiger partial charge in [-0.2, -0.15) is 0 Å². The number of aryl methyl sites for hydroxylation is 1. The maximum Gasteiger partial charge on any atom is 0.147 e. The molecule has 0 bridgehead atoms. The molecule has 0 spiro atoms. The Kier molecular flexibility index (Phi) is 3.45. The van der Waals surface area contributed by atoms with Gasteiger partial charge in [-0.25, -0.2) is 15.0 Å². The van der Waals surface area contributed by atoms with Crippen molar-refractivity contribution in [2.24, 2.45) is 0 Å². The number of nitrogens with zero attached hydrogens (tertiary/aromatic N) is 6. The van der Waals surface area contributed by atoms with Crippen LogP contribution in [0.25, 0.3) is 0 Å². The molecule has 3 heterocycles. The molecular weight excluding hydrogens is 252 g/mol. The first-order chi connectivity index (χ1) is 9.75. The zero-order valence-electron chi connectivity index (χ0n) is 11.8. The third-order valence-corrected chi connectivity index (χ3v) is 3.76. The van der Waals surface area contributed by atoms with E-state index < -0.39 is 0 Å². The lowest BCUT2D eigenvalue weighted by molar-refractivity contribution is 0.638. The summed E-state index contributed by atoms with van der Waals surface area (Å²) in [5.74, 6) is 2.00. The van der Waals surface area contributed by atoms with E-state index in [4.69, 9.17) is 0 Å². The van der Waals surface area contributed by atoms with Crippen molar-refractivity contribution in [3.63, 3.8) is 0 Å². The normalized spacial score (nSPS) is 15.5. The SMILES string of the molecule is Cc1ncnc(N2CCN(c3cnccn3)CC2)c1C. The van der Waals surface area contributed by atoms with Crippen LogP contribution in [0, 0.1) is 13.8 Å². The summed E-state index contributed by atoms with van der Waals surface area (Å²) in [5.41, 5.74) is 2.21. The Balaban J connectivity index is 1.71. The second-order valence-electron chi connectivity index (χ2n) is 4.95. The number of hydrogen-bond donors (Lipinski definition) is 0. The number of piperazine rings is 1. The Labute approximate surface area is 118 Å². The van der Waals surface area contributed by atoms with E-state index in [9.17, 15) is 0 Å². The monoisotopic (exact) mass is 270 g/mol. The number of aromatic nitrogens is 4. The van der Waals surface area contributed by atoms with Gasteiger partial charge in [0.1, 0.15) is 18.0 Å². The maximum absolute atomic E-state index is 4.43. The molecule has 0 N–H and O–H groups in total. The molecule has 2 aromatic heterocycles. The van der Waals surface area contributed by atoms with Crippen LogP contribution in [-0.4, -0.2) is 46.1 Å². The zero-order valence-corrected chi connectivity index (χ0v) is 11.8. The van der Waals surface area contributed by atoms with Crippen molar-refractivity contribution in [2.75, 3.05) is 36.0 Å². The number of rotatable bonds is 2. The van der Waals surface area contributed by atoms with Crippen molar-refractivity contribution in [1.82, 2.24) is 19.9 Å². The van der Waals surface area contributed by atoms with E-state index in [1.807, 2.05) is 13.1 Å². The number of hydrogen-bond acceptors (Lipinski definition) is 6. The van der Waals surface area contributed by atoms with E-state index >= 15 is 0 Å². The van der Waals surface area contributed by atoms with E-state index in [0.717, 1.165) is 43.5 Å². The molecule has 104 valence electrons. The Bertz CT molecular complexity index is 577. The lowest BCUT2D eigenvalue weighted by atomic mass is 10.2. The fraction of sp³-hybridized carbons (Fsp3) is 0.429. The summed E-state index contributed by atoms with van der Waals surface area (Å²) in [7, 11) is 0. The molecule has 6 heteroatoms. The molecule has 6 nitrogen and oxygen atoms in total. The van der Waals surface area contributed by atoms with E-state index in [1.165, 1.54) is 5.56 Å². The maximum atomic E-state index is 4.43. The van der Waals surface area contributed by atoms with Crippen molar-refractivity contribution in [2.45, 2.75) is 13.8 Å². The minimum atomic E-state index is 0.932. The molecule has 3 rings (SSSR count). The minimum absolute atomic E-state index is 0.932. The van der Waals surface area contributed by atoms with E-state index in [1.54, 1.807) is 18.7 Å². The Morgan fingerprint density at radius 3 is 2.35 bits per heavy atom. The average Bonchev–Trinajstić information content (AvgIpc) is 2.51. The van der Waals surface area contributed by atoms with Crippen molar-refractivity contribution in [3.8, 4) is 0 Å². The van der Waals surface area contributed by atoms with Crippen molar-refractivity contribution >= 4 is 11.6 Å². The van der Waals surface area contributed by atoms with Crippen LogP contribution in [0.3, 0.4) is 0 Å². The first-order valence-corrected chi connectivity index (χ1v) is 6.80. The van der Waals surface area contributed by atoms with Gasteiger partial charge in [-0.15, -0.1) is 0 Å². The van der Waals surface area contributed by atoms with Gasteiger partial charge >= 0.3 is 0 Å². The molecule has 1 fully saturated rings. The predicted octanol–water partition coefficient (Wildman–Crippen LogP) is 1.21. The third kappa shape index (κ3) is 2.41. The van der Waals surface area contributed by atoms with Gasteiger partial charge in [0.2, 0.25) is 0 Å². The smallest absolute Gasteiger partial charge is 0.147 e. The highest BCUT2D eigenvalue weighted by Crippen LogP contribution is 2.21. The highest BCUT2D eigenvalue weighted by molar-refractivity contribution is 5.49. The van der Waals surface area contributed by atoms with Crippen LogP contribution in [0.15, 0.2) is 24.9 Å². The second kappa shape index (κ2) is 5.40. The first kappa shape index (κ1) is 12.8. The summed E-state index contributed by atoms with van der Waals surface area (Å²) >= 11 is 0. The molecule has 0 amide bonds. The Morgan fingerprint density at radius 2 is 1.65 bits per heavy atom. The highest BCUT2D eigenvalue weighted by Gasteiger charge is 2.20. The van der Waals surface area contributed by atoms with Gasteiger partial charge in [-0.05, 0) is 13.8 Å². The van der Waals surface area contributed by atoms with Crippen LogP contribution in [-0.2, 0) is 0 Å². The fourth-order valence-electron chi connectivity index (χ4n) is 2.45. The lowest BCUT2D eigenvalue weighted by Crippen LogP contribution is -2.47. The van der Waals surface area contributed by atoms with E-state index in [0.29, 0.717) is 0 Å². The summed E-state index contributed by atoms with van der Waals surface area (Å²) < 4.78 is 0. The molecule has 0 atom stereocenters. The van der Waals surface area contributed by atoms with Crippen molar-refractivity contribution in [3.05, 3.63) is 36.2 Å². The van der Waals surface area contributed by atoms with Crippen LogP contribution in [0.1, 0.15) is 11.3 Å². The van der Waals surface area contributed by atoms with Crippen LogP contribution in [0.5, 0.6) is 0 Å². The summed E-state index contributed by atoms with van der Waals surface area (Å²) in [6, 6.07) is 0. The average molecular weight is 270 g/mol. The molecule has 20 heavy (non-hydrogen) atoms. The fourth-order valence-corrected chi connectivity index (χ4v) is 2.45. The van der Waals surface area contributed by atoms with Crippen LogP contribution in [0.4, 0.5) is 11.6 Å². The summed E-state index contributed by atoms with van der Waals surface area (Å²) in [5, 5.41) is 0. The molecular formula is C14H18N6. The molecule has 0 aromatic carbocycles. The van der Waals surface area contributed by atoms with Gasteiger partial charge in [0.05, 0.1) is 6.20 Å². The van der Waals surface area contributed by atoms with E-state index in [-0.39, 0.29) is 0 Å². The van der Waals surface area contributed by atoms with Gasteiger partial charge in [0.15, 0.2) is 0 Å². The molecule has 0 radical (unpaired) electrons. The number of anilines is 2. The van der Waals surface area contributed by atoms with Gasteiger partial charge in [0.25, 0.3) is 0 Å². The molecule has 0 saturated carbocycles. The largest absolute Gasteiger partial charge is 0.353 e. The molecule has 1 aliphatic heterocycles. The summed E-state index contributed by atoms with van der Waals surface area (Å²) in [4.78, 5) is 21.7. The van der Waals surface area contributed by atoms with Crippen molar-refractivity contribution < 1.29 is 0 Å². The molecule has 2 aromatic rings. The summed E-state index contributed by atoms with van der Waals surface area (Å²) in [6.45, 7) is 7.85. The second-order valence-corrected chi connectivity index (χ2v) is 4.95. The Morgan fingerprint density at radius 1 is 0.900 bits per heavy atom. The van der Waals surface area contributed by atoms with E-state index in [2.05, 4.69) is 36.7 Å². The quantitative estimate of drug-likeness (QED) is 0.817. The topological polar surface area (TPSA) is 58.0 Å². The van der Waals surface area contributed by atoms with Gasteiger partial charge in [-0.1, -0.05) is 0 Å². The van der Waals surface area contributed by atoms with Crippen LogP contribution >= 0.6 is 0 Å². The lowest BCUT2D eigenvalue weighted by Gasteiger charge is -2.36. The van der Waals surface area contributed by atoms with Crippen molar-refractivity contribution in [1.29, 1.82) is 0 Å². The zero-order chi connectivity index (χ0) is 13.9. The molecule has 1 aliphatic rings. The Hall–Kier alpha value is -2.24. The van der Waals surface area contributed by atoms with Gasteiger partial charge < -0.3 is 9.80 Å².